The number of carbonyl (C=O) groups is 3. The third-order valence-electron chi connectivity index (χ3n) is 5.93. The van der Waals surface area contributed by atoms with E-state index in [4.69, 9.17) is 4.74 Å². The van der Waals surface area contributed by atoms with Crippen LogP contribution in [-0.2, 0) is 25.5 Å². The summed E-state index contributed by atoms with van der Waals surface area (Å²) in [6.07, 6.45) is 9.74. The zero-order chi connectivity index (χ0) is 23.3. The molecule has 7 nitrogen and oxygen atoms in total. The van der Waals surface area contributed by atoms with Crippen molar-refractivity contribution in [3.63, 3.8) is 0 Å². The molecule has 1 saturated carbocycles. The normalized spacial score (nSPS) is 15.9. The Balaban J connectivity index is 2.09. The zero-order valence-corrected chi connectivity index (χ0v) is 19.0. The van der Waals surface area contributed by atoms with Crippen LogP contribution < -0.4 is 10.6 Å². The number of hydrogen-bond acceptors (Lipinski definition) is 5. The lowest BCUT2D eigenvalue weighted by atomic mass is 9.83. The van der Waals surface area contributed by atoms with Gasteiger partial charge in [0.25, 0.3) is 0 Å². The number of allylic oxidation sites excluding steroid dienone is 1. The van der Waals surface area contributed by atoms with Gasteiger partial charge in [-0.25, -0.2) is 4.79 Å². The van der Waals surface area contributed by atoms with E-state index >= 15 is 0 Å². The number of nitrogens with one attached hydrogen (secondary N) is 2. The fourth-order valence-corrected chi connectivity index (χ4v) is 4.20. The van der Waals surface area contributed by atoms with E-state index in [0.29, 0.717) is 12.0 Å². The first kappa shape index (κ1) is 25.4. The lowest BCUT2D eigenvalue weighted by Gasteiger charge is -2.31. The van der Waals surface area contributed by atoms with Gasteiger partial charge in [0.05, 0.1) is 7.11 Å². The highest BCUT2D eigenvalue weighted by Crippen LogP contribution is 2.27. The second-order valence-corrected chi connectivity index (χ2v) is 8.44. The molecular formula is C25H36N2O5. The van der Waals surface area contributed by atoms with Gasteiger partial charge in [0.2, 0.25) is 11.8 Å². The van der Waals surface area contributed by atoms with Gasteiger partial charge in [-0.3, -0.25) is 9.59 Å². The summed E-state index contributed by atoms with van der Waals surface area (Å²) in [5, 5.41) is 15.4. The Labute approximate surface area is 190 Å². The van der Waals surface area contributed by atoms with E-state index in [9.17, 15) is 19.5 Å². The first-order valence-corrected chi connectivity index (χ1v) is 11.5. The van der Waals surface area contributed by atoms with E-state index in [1.54, 1.807) is 24.3 Å². The Bertz CT molecular complexity index is 773. The number of unbranched alkanes of at least 4 members (excludes halogenated alkanes) is 2. The summed E-state index contributed by atoms with van der Waals surface area (Å²) in [6.45, 7) is 3.69. The molecule has 0 radical (unpaired) electrons. The summed E-state index contributed by atoms with van der Waals surface area (Å²) in [4.78, 5) is 38.1. The second-order valence-electron chi connectivity index (χ2n) is 8.44. The average molecular weight is 445 g/mol. The summed E-state index contributed by atoms with van der Waals surface area (Å²) in [5.74, 6) is -0.963. The number of aromatic hydroxyl groups is 1. The Kier molecular flexibility index (Phi) is 10.8. The number of hydrogen-bond donors (Lipinski definition) is 3. The molecule has 1 aromatic rings. The fraction of sp³-hybridized carbons (Fsp3) is 0.560. The number of esters is 1. The topological polar surface area (TPSA) is 105 Å². The number of rotatable bonds is 12. The molecular weight excluding hydrogens is 408 g/mol. The molecule has 2 rings (SSSR count). The van der Waals surface area contributed by atoms with Crippen LogP contribution in [0.1, 0.15) is 63.4 Å². The van der Waals surface area contributed by atoms with Gasteiger partial charge in [0.1, 0.15) is 17.8 Å². The zero-order valence-electron chi connectivity index (χ0n) is 19.0. The highest BCUT2D eigenvalue weighted by molar-refractivity contribution is 5.91. The molecule has 1 aromatic carbocycles. The van der Waals surface area contributed by atoms with Crippen molar-refractivity contribution in [2.75, 3.05) is 7.11 Å². The van der Waals surface area contributed by atoms with Crippen molar-refractivity contribution < 1.29 is 24.2 Å². The SMILES string of the molecule is C=CCCCCC(=O)N[C@H](C(=O)N[C@@H](Cc1cccc(O)c1)C(=O)OC)C1CCCCC1. The van der Waals surface area contributed by atoms with Gasteiger partial charge in [0, 0.05) is 12.8 Å². The molecule has 0 bridgehead atoms. The maximum absolute atomic E-state index is 13.2. The number of phenols is 1. The van der Waals surface area contributed by atoms with Gasteiger partial charge < -0.3 is 20.5 Å². The second kappa shape index (κ2) is 13.6. The van der Waals surface area contributed by atoms with Crippen LogP contribution in [-0.4, -0.2) is 42.1 Å². The first-order valence-electron chi connectivity index (χ1n) is 11.5. The summed E-state index contributed by atoms with van der Waals surface area (Å²) in [7, 11) is 1.27. The van der Waals surface area contributed by atoms with Gasteiger partial charge in [-0.1, -0.05) is 37.5 Å². The lowest BCUT2D eigenvalue weighted by molar-refractivity contribution is -0.145. The van der Waals surface area contributed by atoms with Crippen molar-refractivity contribution in [1.82, 2.24) is 10.6 Å². The van der Waals surface area contributed by atoms with Gasteiger partial charge in [-0.2, -0.15) is 0 Å². The highest BCUT2D eigenvalue weighted by Gasteiger charge is 2.33. The van der Waals surface area contributed by atoms with E-state index < -0.39 is 18.1 Å². The largest absolute Gasteiger partial charge is 0.508 e. The predicted molar refractivity (Wildman–Crippen MR) is 123 cm³/mol. The molecule has 2 atom stereocenters. The first-order chi connectivity index (χ1) is 15.4. The maximum atomic E-state index is 13.2. The summed E-state index contributed by atoms with van der Waals surface area (Å²) in [6, 6.07) is 4.94. The Morgan fingerprint density at radius 1 is 1.19 bits per heavy atom. The summed E-state index contributed by atoms with van der Waals surface area (Å²) in [5.41, 5.74) is 0.696. The molecule has 1 fully saturated rings. The van der Waals surface area contributed by atoms with Crippen LogP contribution in [0, 0.1) is 5.92 Å². The van der Waals surface area contributed by atoms with Gasteiger partial charge >= 0.3 is 5.97 Å². The standard InChI is InChI=1S/C25H36N2O5/c1-3-4-5-9-15-22(29)27-23(19-12-7-6-8-13-19)24(30)26-21(25(31)32-2)17-18-11-10-14-20(28)16-18/h3,10-11,14,16,19,21,23,28H,1,4-9,12-13,15,17H2,2H3,(H,26,30)(H,27,29)/t21-,23-/m0/s1. The van der Waals surface area contributed by atoms with Crippen molar-refractivity contribution in [3.8, 4) is 5.75 Å². The molecule has 0 spiro atoms. The van der Waals surface area contributed by atoms with Crippen LogP contribution in [0.25, 0.3) is 0 Å². The Morgan fingerprint density at radius 2 is 1.94 bits per heavy atom. The molecule has 0 unspecified atom stereocenters. The molecule has 0 heterocycles. The molecule has 1 aliphatic carbocycles. The van der Waals surface area contributed by atoms with Gasteiger partial charge in [-0.15, -0.1) is 6.58 Å². The number of ether oxygens (including phenoxy) is 1. The third kappa shape index (κ3) is 8.36. The van der Waals surface area contributed by atoms with E-state index in [0.717, 1.165) is 51.4 Å². The molecule has 0 aromatic heterocycles. The monoisotopic (exact) mass is 444 g/mol. The van der Waals surface area contributed by atoms with Crippen molar-refractivity contribution in [3.05, 3.63) is 42.5 Å². The number of methoxy groups -OCH3 is 1. The number of amides is 2. The highest BCUT2D eigenvalue weighted by atomic mass is 16.5. The fourth-order valence-electron chi connectivity index (χ4n) is 4.20. The molecule has 0 aliphatic heterocycles. The van der Waals surface area contributed by atoms with Crippen molar-refractivity contribution >= 4 is 17.8 Å². The quantitative estimate of drug-likeness (QED) is 0.260. The number of carbonyl (C=O) groups excluding carboxylic acids is 3. The van der Waals surface area contributed by atoms with Crippen molar-refractivity contribution in [2.45, 2.75) is 76.3 Å². The van der Waals surface area contributed by atoms with E-state index in [2.05, 4.69) is 17.2 Å². The molecule has 1 aliphatic rings. The number of benzene rings is 1. The predicted octanol–water partition coefficient (Wildman–Crippen LogP) is 3.40. The Morgan fingerprint density at radius 3 is 2.59 bits per heavy atom. The van der Waals surface area contributed by atoms with Crippen LogP contribution in [0.4, 0.5) is 0 Å². The molecule has 0 saturated heterocycles. The summed E-state index contributed by atoms with van der Waals surface area (Å²) < 4.78 is 4.89. The van der Waals surface area contributed by atoms with Gasteiger partial charge in [0.15, 0.2) is 0 Å². The lowest BCUT2D eigenvalue weighted by Crippen LogP contribution is -2.55. The minimum absolute atomic E-state index is 0.0416. The van der Waals surface area contributed by atoms with Gasteiger partial charge in [-0.05, 0) is 55.7 Å². The molecule has 7 heteroatoms. The smallest absolute Gasteiger partial charge is 0.328 e. The van der Waals surface area contributed by atoms with Crippen LogP contribution in [0.2, 0.25) is 0 Å². The minimum Gasteiger partial charge on any atom is -0.508 e. The Hall–Kier alpha value is -2.83. The minimum atomic E-state index is -0.912. The van der Waals surface area contributed by atoms with Crippen LogP contribution in [0.15, 0.2) is 36.9 Å². The van der Waals surface area contributed by atoms with Crippen LogP contribution >= 0.6 is 0 Å². The van der Waals surface area contributed by atoms with E-state index in [-0.39, 0.29) is 29.9 Å². The van der Waals surface area contributed by atoms with Crippen LogP contribution in [0.3, 0.4) is 0 Å². The molecule has 3 N–H and O–H groups in total. The maximum Gasteiger partial charge on any atom is 0.328 e. The summed E-state index contributed by atoms with van der Waals surface area (Å²) >= 11 is 0. The third-order valence-corrected chi connectivity index (χ3v) is 5.93. The van der Waals surface area contributed by atoms with Crippen LogP contribution in [0.5, 0.6) is 5.75 Å². The van der Waals surface area contributed by atoms with E-state index in [1.165, 1.54) is 7.11 Å². The average Bonchev–Trinajstić information content (AvgIpc) is 2.80. The van der Waals surface area contributed by atoms with Crippen molar-refractivity contribution in [2.24, 2.45) is 5.92 Å². The number of phenolic OH excluding ortho intramolecular Hbond substituents is 1. The molecule has 2 amide bonds. The molecule has 176 valence electrons. The molecule has 32 heavy (non-hydrogen) atoms. The van der Waals surface area contributed by atoms with Crippen molar-refractivity contribution in [1.29, 1.82) is 0 Å². The van der Waals surface area contributed by atoms with E-state index in [1.807, 2.05) is 6.08 Å².